The molecule has 0 saturated carbocycles. The van der Waals surface area contributed by atoms with Crippen LogP contribution in [-0.2, 0) is 11.8 Å². The molecule has 1 amide bonds. The number of pyridine rings is 1. The van der Waals surface area contributed by atoms with Crippen molar-refractivity contribution >= 4 is 11.7 Å². The van der Waals surface area contributed by atoms with Crippen LogP contribution in [0, 0.1) is 0 Å². The fourth-order valence-corrected chi connectivity index (χ4v) is 3.01. The van der Waals surface area contributed by atoms with Crippen molar-refractivity contribution in [3.63, 3.8) is 0 Å². The highest BCUT2D eigenvalue weighted by Gasteiger charge is 2.33. The van der Waals surface area contributed by atoms with Crippen LogP contribution < -0.4 is 15.8 Å². The van der Waals surface area contributed by atoms with Crippen molar-refractivity contribution in [2.75, 3.05) is 25.1 Å². The van der Waals surface area contributed by atoms with E-state index in [9.17, 15) is 9.59 Å². The Kier molecular flexibility index (Phi) is 5.08. The van der Waals surface area contributed by atoms with Gasteiger partial charge >= 0.3 is 0 Å². The molecular weight excluding hydrogens is 322 g/mol. The van der Waals surface area contributed by atoms with Crippen LogP contribution in [0.25, 0.3) is 0 Å². The van der Waals surface area contributed by atoms with E-state index >= 15 is 0 Å². The number of hydrogen-bond donors (Lipinski definition) is 1. The van der Waals surface area contributed by atoms with Gasteiger partial charge in [0.05, 0.1) is 17.7 Å². The summed E-state index contributed by atoms with van der Waals surface area (Å²) < 4.78 is 6.87. The Balaban J connectivity index is 1.68. The molecule has 8 nitrogen and oxygen atoms in total. The third kappa shape index (κ3) is 3.85. The number of aromatic nitrogens is 3. The summed E-state index contributed by atoms with van der Waals surface area (Å²) in [5, 5.41) is 2.94. The molecule has 0 aromatic carbocycles. The van der Waals surface area contributed by atoms with Crippen molar-refractivity contribution in [2.24, 2.45) is 7.05 Å². The minimum Gasteiger partial charge on any atom is -0.380 e. The van der Waals surface area contributed by atoms with Crippen LogP contribution in [0.2, 0.25) is 0 Å². The third-order valence-electron chi connectivity index (χ3n) is 4.42. The van der Waals surface area contributed by atoms with E-state index in [0.29, 0.717) is 18.7 Å². The zero-order valence-corrected chi connectivity index (χ0v) is 14.3. The van der Waals surface area contributed by atoms with Crippen LogP contribution in [0.5, 0.6) is 0 Å². The fourth-order valence-electron chi connectivity index (χ4n) is 3.01. The number of ether oxygens (including phenoxy) is 1. The second-order valence-corrected chi connectivity index (χ2v) is 6.04. The Hall–Kier alpha value is -2.74. The molecule has 0 radical (unpaired) electrons. The number of methoxy groups -OCH3 is 1. The quantitative estimate of drug-likeness (QED) is 0.834. The van der Waals surface area contributed by atoms with E-state index in [1.54, 1.807) is 20.4 Å². The minimum atomic E-state index is -0.209. The maximum absolute atomic E-state index is 12.4. The lowest BCUT2D eigenvalue weighted by molar-refractivity contribution is 0.0945. The van der Waals surface area contributed by atoms with Gasteiger partial charge in [-0.1, -0.05) is 0 Å². The smallest absolute Gasteiger partial charge is 0.252 e. The Morgan fingerprint density at radius 2 is 2.24 bits per heavy atom. The predicted molar refractivity (Wildman–Crippen MR) is 92.6 cm³/mol. The maximum atomic E-state index is 12.4. The van der Waals surface area contributed by atoms with E-state index < -0.39 is 0 Å². The molecular formula is C17H21N5O3. The molecule has 0 aliphatic carbocycles. The number of carbonyl (C=O) groups is 1. The molecule has 1 aliphatic rings. The maximum Gasteiger partial charge on any atom is 0.252 e. The average Bonchev–Trinajstić information content (AvgIpc) is 3.06. The van der Waals surface area contributed by atoms with Gasteiger partial charge in [0.1, 0.15) is 12.1 Å². The monoisotopic (exact) mass is 343 g/mol. The highest BCUT2D eigenvalue weighted by Crippen LogP contribution is 2.24. The van der Waals surface area contributed by atoms with Gasteiger partial charge in [0.25, 0.3) is 5.91 Å². The molecule has 1 N–H and O–H groups in total. The number of hydrogen-bond acceptors (Lipinski definition) is 6. The summed E-state index contributed by atoms with van der Waals surface area (Å²) in [6.45, 7) is 1.18. The molecule has 3 rings (SSSR count). The van der Waals surface area contributed by atoms with Gasteiger partial charge in [-0.05, 0) is 18.6 Å². The van der Waals surface area contributed by atoms with Gasteiger partial charge in [-0.3, -0.25) is 9.59 Å². The standard InChI is InChI=1S/C17H21N5O3/c1-21-9-12(3-4-16(21)23)17(24)19-8-13-7-14(25-2)10-22(13)15-5-6-18-11-20-15/h3-6,9,11,13-14H,7-8,10H2,1-2H3,(H,19,24)/t13-,14-/m1/s1. The SMILES string of the molecule is CO[C@@H]1C[C@H](CNC(=O)c2ccc(=O)n(C)c2)N(c2ccncn2)C1. The zero-order valence-electron chi connectivity index (χ0n) is 14.3. The molecule has 1 aliphatic heterocycles. The summed E-state index contributed by atoms with van der Waals surface area (Å²) in [6.07, 6.45) is 5.63. The van der Waals surface area contributed by atoms with Gasteiger partial charge in [-0.25, -0.2) is 9.97 Å². The molecule has 1 fully saturated rings. The van der Waals surface area contributed by atoms with Crippen LogP contribution in [0.15, 0.2) is 41.7 Å². The molecule has 1 saturated heterocycles. The number of amides is 1. The number of anilines is 1. The first kappa shape index (κ1) is 17.1. The van der Waals surface area contributed by atoms with Crippen LogP contribution in [-0.4, -0.2) is 52.8 Å². The van der Waals surface area contributed by atoms with Crippen molar-refractivity contribution in [1.82, 2.24) is 19.9 Å². The van der Waals surface area contributed by atoms with Crippen molar-refractivity contribution in [3.05, 3.63) is 52.8 Å². The largest absolute Gasteiger partial charge is 0.380 e. The molecule has 0 unspecified atom stereocenters. The van der Waals surface area contributed by atoms with E-state index in [-0.39, 0.29) is 23.6 Å². The van der Waals surface area contributed by atoms with Crippen LogP contribution >= 0.6 is 0 Å². The molecule has 2 aromatic rings. The summed E-state index contributed by atoms with van der Waals surface area (Å²) >= 11 is 0. The predicted octanol–water partition coefficient (Wildman–Crippen LogP) is 0.199. The summed E-state index contributed by atoms with van der Waals surface area (Å²) in [7, 11) is 3.31. The minimum absolute atomic E-state index is 0.0799. The molecule has 0 bridgehead atoms. The van der Waals surface area contributed by atoms with Crippen molar-refractivity contribution in [2.45, 2.75) is 18.6 Å². The number of nitrogens with zero attached hydrogens (tertiary/aromatic N) is 4. The Bertz CT molecular complexity index is 792. The van der Waals surface area contributed by atoms with Crippen molar-refractivity contribution in [1.29, 1.82) is 0 Å². The van der Waals surface area contributed by atoms with E-state index in [1.807, 2.05) is 6.07 Å². The first-order chi connectivity index (χ1) is 12.1. The van der Waals surface area contributed by atoms with Crippen molar-refractivity contribution in [3.8, 4) is 0 Å². The summed E-state index contributed by atoms with van der Waals surface area (Å²) in [5.41, 5.74) is 0.308. The molecule has 0 spiro atoms. The van der Waals surface area contributed by atoms with Gasteiger partial charge in [0.2, 0.25) is 5.56 Å². The summed E-state index contributed by atoms with van der Waals surface area (Å²) in [4.78, 5) is 34.1. The van der Waals surface area contributed by atoms with Gasteiger partial charge in [-0.15, -0.1) is 0 Å². The van der Waals surface area contributed by atoms with Crippen molar-refractivity contribution < 1.29 is 9.53 Å². The van der Waals surface area contributed by atoms with Gasteiger partial charge in [0, 0.05) is 45.7 Å². The van der Waals surface area contributed by atoms with Crippen LogP contribution in [0.3, 0.4) is 0 Å². The topological polar surface area (TPSA) is 89.4 Å². The fraction of sp³-hybridized carbons (Fsp3) is 0.412. The van der Waals surface area contributed by atoms with E-state index in [1.165, 1.54) is 29.2 Å². The second-order valence-electron chi connectivity index (χ2n) is 6.04. The highest BCUT2D eigenvalue weighted by molar-refractivity contribution is 5.93. The van der Waals surface area contributed by atoms with Crippen LogP contribution in [0.4, 0.5) is 5.82 Å². The lowest BCUT2D eigenvalue weighted by Crippen LogP contribution is -2.40. The number of rotatable bonds is 5. The first-order valence-corrected chi connectivity index (χ1v) is 8.09. The average molecular weight is 343 g/mol. The first-order valence-electron chi connectivity index (χ1n) is 8.09. The molecule has 3 heterocycles. The lowest BCUT2D eigenvalue weighted by atomic mass is 10.2. The number of nitrogens with one attached hydrogen (secondary N) is 1. The highest BCUT2D eigenvalue weighted by atomic mass is 16.5. The summed E-state index contributed by atoms with van der Waals surface area (Å²) in [5.74, 6) is 0.606. The number of carbonyl (C=O) groups excluding carboxylic acids is 1. The normalized spacial score (nSPS) is 19.8. The van der Waals surface area contributed by atoms with Crippen LogP contribution in [0.1, 0.15) is 16.8 Å². The molecule has 25 heavy (non-hydrogen) atoms. The molecule has 2 aromatic heterocycles. The lowest BCUT2D eigenvalue weighted by Gasteiger charge is -2.25. The summed E-state index contributed by atoms with van der Waals surface area (Å²) in [6, 6.07) is 4.85. The third-order valence-corrected chi connectivity index (χ3v) is 4.42. The Labute approximate surface area is 145 Å². The Morgan fingerprint density at radius 1 is 1.40 bits per heavy atom. The van der Waals surface area contributed by atoms with E-state index in [4.69, 9.17) is 4.74 Å². The molecule has 2 atom stereocenters. The number of aryl methyl sites for hydroxylation is 1. The van der Waals surface area contributed by atoms with E-state index in [0.717, 1.165) is 12.2 Å². The zero-order chi connectivity index (χ0) is 17.8. The van der Waals surface area contributed by atoms with E-state index in [2.05, 4.69) is 20.2 Å². The second kappa shape index (κ2) is 7.43. The van der Waals surface area contributed by atoms with Gasteiger partial charge in [-0.2, -0.15) is 0 Å². The molecule has 8 heteroatoms. The molecule has 132 valence electrons. The Morgan fingerprint density at radius 3 is 2.92 bits per heavy atom. The van der Waals surface area contributed by atoms with Gasteiger partial charge < -0.3 is 19.5 Å². The van der Waals surface area contributed by atoms with Gasteiger partial charge in [0.15, 0.2) is 0 Å².